The lowest BCUT2D eigenvalue weighted by molar-refractivity contribution is -0.156. The predicted octanol–water partition coefficient (Wildman–Crippen LogP) is 5.30. The molecule has 0 aromatic heterocycles. The average Bonchev–Trinajstić information content (AvgIpc) is 3.58. The maximum atomic E-state index is 14.9. The lowest BCUT2D eigenvalue weighted by Crippen LogP contribution is -2.61. The molecule has 0 radical (unpaired) electrons. The molecular formula is C63H100N8O17. The number of rotatable bonds is 33. The van der Waals surface area contributed by atoms with Gasteiger partial charge < -0.3 is 76.8 Å². The third kappa shape index (κ3) is 33.0. The fraction of sp³-hybridized carbons (Fsp3) is 0.651. The Bertz CT molecular complexity index is 2650. The van der Waals surface area contributed by atoms with Crippen LogP contribution in [0.4, 0.5) is 4.79 Å². The highest BCUT2D eigenvalue weighted by Gasteiger charge is 2.36. The normalized spacial score (nSPS) is 14.4. The first-order valence-corrected chi connectivity index (χ1v) is 29.8. The molecule has 0 saturated heterocycles. The third-order valence-corrected chi connectivity index (χ3v) is 12.1. The van der Waals surface area contributed by atoms with Gasteiger partial charge in [0.2, 0.25) is 35.4 Å². The molecule has 2 rings (SSSR count). The molecule has 7 amide bonds. The van der Waals surface area contributed by atoms with Crippen molar-refractivity contribution in [3.05, 3.63) is 59.7 Å². The number of benzene rings is 2. The Morgan fingerprint density at radius 3 is 1.39 bits per heavy atom. The molecule has 0 bridgehead atoms. The van der Waals surface area contributed by atoms with E-state index < -0.39 is 149 Å². The van der Waals surface area contributed by atoms with Gasteiger partial charge in [0, 0.05) is 19.4 Å². The van der Waals surface area contributed by atoms with Gasteiger partial charge in [-0.3, -0.25) is 38.4 Å². The lowest BCUT2D eigenvalue weighted by atomic mass is 9.99. The van der Waals surface area contributed by atoms with Crippen molar-refractivity contribution in [2.75, 3.05) is 13.2 Å². The SMILES string of the molecule is CC(C)C[C@H](NC(=O)[C@H](Cc1ccc(OC(C)(C)C)cc1)NC(=O)[C@H](CCCCNC(=O)OC(C)(C)C)NC(=O)[C@H](COC(C)(C)C)NC(=O)[C@@H](N)Cc1ccc(OC(C)(C)C)cc1)C(=O)N[C@@H](CC(=O)OC(C)(C)C)C(=O)N[C@@H](CCC(=O)O)C(=O)O. The van der Waals surface area contributed by atoms with E-state index in [1.54, 1.807) is 125 Å². The molecule has 0 unspecified atom stereocenters. The molecule has 7 atom stereocenters. The van der Waals surface area contributed by atoms with Crippen molar-refractivity contribution in [2.45, 2.75) is 246 Å². The summed E-state index contributed by atoms with van der Waals surface area (Å²) in [6.07, 6.45) is -2.42. The molecule has 88 heavy (non-hydrogen) atoms. The van der Waals surface area contributed by atoms with Crippen LogP contribution in [-0.4, -0.2) is 153 Å². The highest BCUT2D eigenvalue weighted by Crippen LogP contribution is 2.22. The number of aliphatic carboxylic acids is 2. The van der Waals surface area contributed by atoms with Gasteiger partial charge in [-0.15, -0.1) is 0 Å². The number of carboxylic acid groups (broad SMARTS) is 2. The molecule has 25 nitrogen and oxygen atoms in total. The molecule has 0 fully saturated rings. The van der Waals surface area contributed by atoms with Gasteiger partial charge in [0.15, 0.2) is 0 Å². The second-order valence-electron chi connectivity index (χ2n) is 27.1. The third-order valence-electron chi connectivity index (χ3n) is 12.1. The molecule has 0 aliphatic heterocycles. The highest BCUT2D eigenvalue weighted by atomic mass is 16.6. The van der Waals surface area contributed by atoms with Gasteiger partial charge in [0.05, 0.1) is 24.7 Å². The maximum absolute atomic E-state index is 14.9. The van der Waals surface area contributed by atoms with Crippen molar-refractivity contribution in [1.29, 1.82) is 0 Å². The fourth-order valence-electron chi connectivity index (χ4n) is 8.28. The predicted molar refractivity (Wildman–Crippen MR) is 329 cm³/mol. The van der Waals surface area contributed by atoms with Gasteiger partial charge in [-0.25, -0.2) is 9.59 Å². The molecule has 25 heteroatoms. The molecule has 0 saturated carbocycles. The monoisotopic (exact) mass is 1240 g/mol. The summed E-state index contributed by atoms with van der Waals surface area (Å²) in [5, 5.41) is 37.3. The summed E-state index contributed by atoms with van der Waals surface area (Å²) < 4.78 is 28.7. The van der Waals surface area contributed by atoms with Crippen molar-refractivity contribution in [3.63, 3.8) is 0 Å². The number of amides is 7. The van der Waals surface area contributed by atoms with Crippen LogP contribution >= 0.6 is 0 Å². The van der Waals surface area contributed by atoms with Crippen LogP contribution < -0.4 is 52.4 Å². The first-order valence-electron chi connectivity index (χ1n) is 29.8. The minimum Gasteiger partial charge on any atom is -0.488 e. The number of ether oxygens (including phenoxy) is 5. The zero-order chi connectivity index (χ0) is 67.1. The lowest BCUT2D eigenvalue weighted by Gasteiger charge is -2.29. The van der Waals surface area contributed by atoms with Crippen LogP contribution in [0, 0.1) is 5.92 Å². The highest BCUT2D eigenvalue weighted by molar-refractivity contribution is 5.98. The van der Waals surface area contributed by atoms with E-state index in [4.69, 9.17) is 29.4 Å². The van der Waals surface area contributed by atoms with Crippen LogP contribution in [0.2, 0.25) is 0 Å². The van der Waals surface area contributed by atoms with Crippen LogP contribution in [0.5, 0.6) is 11.5 Å². The maximum Gasteiger partial charge on any atom is 0.407 e. The standard InChI is InChI=1S/C63H100N8O17/c1-37(2)32-45(53(77)70-47(35-50(74)87-62(12,13)14)55(79)67-44(57(81)82)29-30-49(72)73)68-54(78)46(34-39-23-27-41(28-24-39)86-61(9,10)11)69-52(76)43(20-18-19-31-65-58(83)88-63(15,16)17)66-56(80)48(36-84-59(3,4)5)71-51(75)42(64)33-38-21-25-40(26-22-38)85-60(6,7)8/h21-28,37,42-48H,18-20,29-36,64H2,1-17H3,(H,65,83)(H,66,80)(H,67,79)(H,68,78)(H,69,76)(H,70,77)(H,71,75)(H,72,73)(H,81,82)/t42-,43-,44-,45-,46-,47-,48-/m0/s1. The number of carboxylic acids is 2. The number of carbonyl (C=O) groups is 10. The van der Waals surface area contributed by atoms with Gasteiger partial charge in [-0.1, -0.05) is 38.1 Å². The van der Waals surface area contributed by atoms with Gasteiger partial charge in [0.1, 0.15) is 70.2 Å². The number of unbranched alkanes of at least 4 members (excludes halogenated alkanes) is 1. The van der Waals surface area contributed by atoms with Crippen LogP contribution in [0.1, 0.15) is 174 Å². The zero-order valence-electron chi connectivity index (χ0n) is 54.6. The molecule has 2 aromatic carbocycles. The van der Waals surface area contributed by atoms with Gasteiger partial charge >= 0.3 is 24.0 Å². The number of esters is 1. The van der Waals surface area contributed by atoms with Crippen molar-refractivity contribution >= 4 is 59.4 Å². The Balaban J connectivity index is 2.70. The van der Waals surface area contributed by atoms with E-state index in [1.165, 1.54) is 0 Å². The number of alkyl carbamates (subject to hydrolysis) is 1. The molecule has 2 aromatic rings. The van der Waals surface area contributed by atoms with E-state index >= 15 is 0 Å². The van der Waals surface area contributed by atoms with Crippen LogP contribution in [-0.2, 0) is 70.2 Å². The van der Waals surface area contributed by atoms with Crippen LogP contribution in [0.3, 0.4) is 0 Å². The second kappa shape index (κ2) is 34.3. The average molecular weight is 1240 g/mol. The summed E-state index contributed by atoms with van der Waals surface area (Å²) in [4.78, 5) is 136. The van der Waals surface area contributed by atoms with Crippen LogP contribution in [0.25, 0.3) is 0 Å². The topological polar surface area (TPSA) is 368 Å². The Hall–Kier alpha value is -7.54. The van der Waals surface area contributed by atoms with E-state index in [0.717, 1.165) is 0 Å². The van der Waals surface area contributed by atoms with Crippen molar-refractivity contribution < 1.29 is 81.8 Å². The van der Waals surface area contributed by atoms with E-state index in [2.05, 4.69) is 37.2 Å². The number of hydrogen-bond donors (Lipinski definition) is 10. The molecule has 0 aliphatic carbocycles. The zero-order valence-corrected chi connectivity index (χ0v) is 54.6. The Kier molecular flexibility index (Phi) is 29.8. The Labute approximate surface area is 518 Å². The van der Waals surface area contributed by atoms with E-state index in [-0.39, 0.29) is 57.6 Å². The summed E-state index contributed by atoms with van der Waals surface area (Å²) in [5.41, 5.74) is 4.02. The Morgan fingerprint density at radius 1 is 0.477 bits per heavy atom. The quantitative estimate of drug-likeness (QED) is 0.0320. The van der Waals surface area contributed by atoms with Gasteiger partial charge in [-0.2, -0.15) is 0 Å². The molecular weight excluding hydrogens is 1140 g/mol. The summed E-state index contributed by atoms with van der Waals surface area (Å²) in [5.74, 6) is -8.54. The number of nitrogens with one attached hydrogen (secondary N) is 7. The van der Waals surface area contributed by atoms with Crippen molar-refractivity contribution in [3.8, 4) is 11.5 Å². The summed E-state index contributed by atoms with van der Waals surface area (Å²) in [6.45, 7) is 29.6. The minimum atomic E-state index is -1.79. The van der Waals surface area contributed by atoms with E-state index in [9.17, 15) is 58.2 Å². The van der Waals surface area contributed by atoms with Gasteiger partial charge in [-0.05, 0) is 184 Å². The summed E-state index contributed by atoms with van der Waals surface area (Å²) >= 11 is 0. The summed E-state index contributed by atoms with van der Waals surface area (Å²) in [6, 6.07) is 3.29. The van der Waals surface area contributed by atoms with Crippen LogP contribution in [0.15, 0.2) is 48.5 Å². The molecule has 0 spiro atoms. The van der Waals surface area contributed by atoms with Crippen molar-refractivity contribution in [2.24, 2.45) is 11.7 Å². The molecule has 0 aliphatic rings. The molecule has 494 valence electrons. The Morgan fingerprint density at radius 2 is 0.909 bits per heavy atom. The second-order valence-corrected chi connectivity index (χ2v) is 27.1. The van der Waals surface area contributed by atoms with Crippen molar-refractivity contribution in [1.82, 2.24) is 37.2 Å². The fourth-order valence-corrected chi connectivity index (χ4v) is 8.28. The molecule has 0 heterocycles. The van der Waals surface area contributed by atoms with Gasteiger partial charge in [0.25, 0.3) is 0 Å². The first-order chi connectivity index (χ1) is 40.4. The first kappa shape index (κ1) is 76.6. The minimum absolute atomic E-state index is 0.0731. The number of carbonyl (C=O) groups excluding carboxylic acids is 8. The number of hydrogen-bond acceptors (Lipinski definition) is 16. The summed E-state index contributed by atoms with van der Waals surface area (Å²) in [7, 11) is 0. The van der Waals surface area contributed by atoms with E-state index in [0.29, 0.717) is 22.6 Å². The number of nitrogens with two attached hydrogens (primary N) is 1. The largest absolute Gasteiger partial charge is 0.488 e. The smallest absolute Gasteiger partial charge is 0.407 e. The van der Waals surface area contributed by atoms with E-state index in [1.807, 2.05) is 41.5 Å². The molecule has 11 N–H and O–H groups in total.